The number of nitrogens with zero attached hydrogens (tertiary/aromatic N) is 2. The Morgan fingerprint density at radius 1 is 1.03 bits per heavy atom. The van der Waals surface area contributed by atoms with Crippen LogP contribution in [0.25, 0.3) is 0 Å². The molecule has 198 valence electrons. The van der Waals surface area contributed by atoms with Gasteiger partial charge in [-0.25, -0.2) is 8.42 Å². The lowest BCUT2D eigenvalue weighted by Crippen LogP contribution is -2.36. The van der Waals surface area contributed by atoms with Gasteiger partial charge in [0.1, 0.15) is 16.4 Å². The van der Waals surface area contributed by atoms with Crippen LogP contribution >= 0.6 is 11.6 Å². The first-order valence-electron chi connectivity index (χ1n) is 12.1. The minimum Gasteiger partial charge on any atom is -0.492 e. The van der Waals surface area contributed by atoms with E-state index in [1.54, 1.807) is 19.9 Å². The average Bonchev–Trinajstić information content (AvgIpc) is 2.87. The molecule has 1 aliphatic heterocycles. The van der Waals surface area contributed by atoms with E-state index in [1.165, 1.54) is 22.5 Å². The highest BCUT2D eigenvalue weighted by atomic mass is 35.5. The van der Waals surface area contributed by atoms with Crippen molar-refractivity contribution in [3.63, 3.8) is 0 Å². The topological polar surface area (TPSA) is 97.4 Å². The van der Waals surface area contributed by atoms with Gasteiger partial charge in [0, 0.05) is 43.9 Å². The highest BCUT2D eigenvalue weighted by molar-refractivity contribution is 7.89. The number of halogens is 1. The lowest BCUT2D eigenvalue weighted by Gasteiger charge is -2.31. The molecule has 0 bridgehead atoms. The number of anilines is 2. The smallest absolute Gasteiger partial charge is 0.255 e. The third-order valence-corrected chi connectivity index (χ3v) is 8.31. The molecule has 0 aliphatic carbocycles. The Hall–Kier alpha value is -2.53. The second-order valence-corrected chi connectivity index (χ2v) is 10.3. The first-order chi connectivity index (χ1) is 17.3. The van der Waals surface area contributed by atoms with E-state index in [-0.39, 0.29) is 15.5 Å². The van der Waals surface area contributed by atoms with Gasteiger partial charge in [0.15, 0.2) is 0 Å². The number of hydrogen-bond donors (Lipinski definition) is 1. The Balaban J connectivity index is 1.98. The summed E-state index contributed by atoms with van der Waals surface area (Å²) in [6.45, 7) is 11.3. The van der Waals surface area contributed by atoms with Crippen molar-refractivity contribution in [3.8, 4) is 11.5 Å². The van der Waals surface area contributed by atoms with E-state index in [2.05, 4.69) is 10.2 Å². The van der Waals surface area contributed by atoms with Crippen molar-refractivity contribution in [2.24, 2.45) is 0 Å². The molecule has 1 amide bonds. The Morgan fingerprint density at radius 2 is 1.67 bits per heavy atom. The van der Waals surface area contributed by atoms with Gasteiger partial charge < -0.3 is 24.4 Å². The number of rotatable bonds is 11. The fourth-order valence-corrected chi connectivity index (χ4v) is 5.94. The van der Waals surface area contributed by atoms with Crippen LogP contribution in [-0.2, 0) is 14.8 Å². The third kappa shape index (κ3) is 6.23. The van der Waals surface area contributed by atoms with E-state index in [4.69, 9.17) is 25.8 Å². The van der Waals surface area contributed by atoms with E-state index in [1.807, 2.05) is 19.9 Å². The van der Waals surface area contributed by atoms with Crippen LogP contribution < -0.4 is 19.7 Å². The summed E-state index contributed by atoms with van der Waals surface area (Å²) in [5.41, 5.74) is 1.44. The van der Waals surface area contributed by atoms with Crippen LogP contribution in [0.3, 0.4) is 0 Å². The Labute approximate surface area is 218 Å². The summed E-state index contributed by atoms with van der Waals surface area (Å²) in [5, 5.41) is 2.91. The maximum Gasteiger partial charge on any atom is 0.255 e. The predicted octanol–water partition coefficient (Wildman–Crippen LogP) is 4.26. The van der Waals surface area contributed by atoms with Crippen molar-refractivity contribution in [1.82, 2.24) is 4.31 Å². The van der Waals surface area contributed by atoms with Gasteiger partial charge in [-0.1, -0.05) is 25.4 Å². The summed E-state index contributed by atoms with van der Waals surface area (Å²) >= 11 is 6.23. The molecule has 0 atom stereocenters. The normalized spacial score (nSPS) is 14.1. The van der Waals surface area contributed by atoms with Crippen LogP contribution in [0.15, 0.2) is 35.2 Å². The molecule has 11 heteroatoms. The summed E-state index contributed by atoms with van der Waals surface area (Å²) in [6.07, 6.45) is 0. The van der Waals surface area contributed by atoms with Gasteiger partial charge in [0.25, 0.3) is 5.91 Å². The number of amides is 1. The molecule has 1 N–H and O–H groups in total. The van der Waals surface area contributed by atoms with Crippen LogP contribution in [0.4, 0.5) is 11.4 Å². The average molecular weight is 540 g/mol. The molecule has 36 heavy (non-hydrogen) atoms. The number of sulfonamides is 1. The minimum absolute atomic E-state index is 0.0574. The van der Waals surface area contributed by atoms with Gasteiger partial charge in [-0.3, -0.25) is 4.79 Å². The van der Waals surface area contributed by atoms with Gasteiger partial charge in [-0.05, 0) is 32.0 Å². The number of hydrogen-bond acceptors (Lipinski definition) is 7. The second-order valence-electron chi connectivity index (χ2n) is 7.97. The van der Waals surface area contributed by atoms with Gasteiger partial charge >= 0.3 is 0 Å². The Bertz CT molecular complexity index is 1160. The zero-order valence-corrected chi connectivity index (χ0v) is 22.7. The lowest BCUT2D eigenvalue weighted by molar-refractivity contribution is 0.102. The Morgan fingerprint density at radius 3 is 2.28 bits per heavy atom. The SMILES string of the molecule is CCOc1cc(N2CCOCC2)c(OCC)cc1NC(=O)c1ccc(Cl)c(S(=O)(=O)N(CC)CC)c1. The maximum atomic E-state index is 13.2. The van der Waals surface area contributed by atoms with E-state index < -0.39 is 15.9 Å². The van der Waals surface area contributed by atoms with Crippen LogP contribution in [0, 0.1) is 0 Å². The van der Waals surface area contributed by atoms with E-state index in [9.17, 15) is 13.2 Å². The molecule has 0 radical (unpaired) electrons. The molecule has 1 saturated heterocycles. The third-order valence-electron chi connectivity index (χ3n) is 5.78. The van der Waals surface area contributed by atoms with Crippen LogP contribution in [0.1, 0.15) is 38.1 Å². The summed E-state index contributed by atoms with van der Waals surface area (Å²) in [7, 11) is -3.85. The monoisotopic (exact) mass is 539 g/mol. The Kier molecular flexibility index (Phi) is 9.84. The fourth-order valence-electron chi connectivity index (χ4n) is 3.98. The number of morpholine rings is 1. The van der Waals surface area contributed by atoms with Crippen LogP contribution in [0.2, 0.25) is 5.02 Å². The minimum atomic E-state index is -3.85. The molecular weight excluding hydrogens is 506 g/mol. The molecule has 1 heterocycles. The molecule has 0 unspecified atom stereocenters. The number of carbonyl (C=O) groups excluding carboxylic acids is 1. The molecule has 2 aromatic rings. The number of carbonyl (C=O) groups is 1. The molecule has 0 spiro atoms. The molecule has 3 rings (SSSR count). The van der Waals surface area contributed by atoms with Gasteiger partial charge in [-0.15, -0.1) is 0 Å². The fraction of sp³-hybridized carbons (Fsp3) is 0.480. The van der Waals surface area contributed by atoms with Gasteiger partial charge in [-0.2, -0.15) is 4.31 Å². The van der Waals surface area contributed by atoms with Crippen molar-refractivity contribution in [3.05, 3.63) is 40.9 Å². The molecule has 1 fully saturated rings. The van der Waals surface area contributed by atoms with E-state index >= 15 is 0 Å². The standard InChI is InChI=1S/C25H34ClN3O6S/c1-5-29(6-2)36(31,32)24-15-18(9-10-19(24)26)25(30)27-20-16-23(35-8-4)21(17-22(20)34-7-3)28-11-13-33-14-12-28/h9-10,15-17H,5-8,11-14H2,1-4H3,(H,27,30). The summed E-state index contributed by atoms with van der Waals surface area (Å²) < 4.78 is 44.6. The lowest BCUT2D eigenvalue weighted by atomic mass is 10.1. The van der Waals surface area contributed by atoms with Gasteiger partial charge in [0.2, 0.25) is 10.0 Å². The van der Waals surface area contributed by atoms with Crippen molar-refractivity contribution in [2.45, 2.75) is 32.6 Å². The van der Waals surface area contributed by atoms with Gasteiger partial charge in [0.05, 0.1) is 42.8 Å². The van der Waals surface area contributed by atoms with Crippen LogP contribution in [0.5, 0.6) is 11.5 Å². The van der Waals surface area contributed by atoms with Crippen LogP contribution in [-0.4, -0.2) is 71.2 Å². The van der Waals surface area contributed by atoms with E-state index in [0.717, 1.165) is 5.69 Å². The quantitative estimate of drug-likeness (QED) is 0.455. The zero-order chi connectivity index (χ0) is 26.3. The second kappa shape index (κ2) is 12.6. The molecule has 0 aromatic heterocycles. The molecular formula is C25H34ClN3O6S. The van der Waals surface area contributed by atoms with E-state index in [0.29, 0.717) is 69.8 Å². The molecule has 9 nitrogen and oxygen atoms in total. The first kappa shape index (κ1) is 28.0. The highest BCUT2D eigenvalue weighted by Crippen LogP contribution is 2.39. The van der Waals surface area contributed by atoms with Crippen molar-refractivity contribution in [2.75, 3.05) is 62.8 Å². The predicted molar refractivity (Wildman–Crippen MR) is 141 cm³/mol. The summed E-state index contributed by atoms with van der Waals surface area (Å²) in [5.74, 6) is 0.602. The largest absolute Gasteiger partial charge is 0.492 e. The van der Waals surface area contributed by atoms with Crippen molar-refractivity contribution < 1.29 is 27.4 Å². The first-order valence-corrected chi connectivity index (χ1v) is 14.0. The molecule has 2 aromatic carbocycles. The zero-order valence-electron chi connectivity index (χ0n) is 21.2. The number of nitrogens with one attached hydrogen (secondary N) is 1. The summed E-state index contributed by atoms with van der Waals surface area (Å²) in [4.78, 5) is 15.3. The van der Waals surface area contributed by atoms with Crippen molar-refractivity contribution in [1.29, 1.82) is 0 Å². The van der Waals surface area contributed by atoms with Crippen molar-refractivity contribution >= 4 is 38.9 Å². The highest BCUT2D eigenvalue weighted by Gasteiger charge is 2.26. The molecule has 0 saturated carbocycles. The molecule has 1 aliphatic rings. The number of benzene rings is 2. The number of ether oxygens (including phenoxy) is 3. The summed E-state index contributed by atoms with van der Waals surface area (Å²) in [6, 6.07) is 7.81. The maximum absolute atomic E-state index is 13.2.